The van der Waals surface area contributed by atoms with Crippen LogP contribution in [0.15, 0.2) is 24.3 Å². The van der Waals surface area contributed by atoms with Crippen LogP contribution in [0.1, 0.15) is 44.9 Å². The highest BCUT2D eigenvalue weighted by Gasteiger charge is 2.47. The van der Waals surface area contributed by atoms with Gasteiger partial charge in [-0.15, -0.1) is 0 Å². The first-order valence-electron chi connectivity index (χ1n) is 9.58. The lowest BCUT2D eigenvalue weighted by Gasteiger charge is -2.33. The number of hydrogen-bond acceptors (Lipinski definition) is 3. The number of imidazole rings is 1. The van der Waals surface area contributed by atoms with Gasteiger partial charge in [0.15, 0.2) is 0 Å². The molecule has 3 unspecified atom stereocenters. The SMILES string of the molecule is CCc1nc2ccccc2n1CC(=O)N1C(C(=O)O)CC2CCCCC21. The lowest BCUT2D eigenvalue weighted by molar-refractivity contribution is -0.150. The minimum absolute atomic E-state index is 0.0808. The fraction of sp³-hybridized carbons (Fsp3) is 0.550. The first kappa shape index (κ1) is 17.1. The van der Waals surface area contributed by atoms with E-state index in [2.05, 4.69) is 4.98 Å². The number of carboxylic acids is 1. The van der Waals surface area contributed by atoms with Crippen molar-refractivity contribution < 1.29 is 14.7 Å². The summed E-state index contributed by atoms with van der Waals surface area (Å²) in [6, 6.07) is 7.19. The van der Waals surface area contributed by atoms with E-state index in [1.807, 2.05) is 35.8 Å². The predicted octanol–water partition coefficient (Wildman–Crippen LogP) is 2.84. The van der Waals surface area contributed by atoms with Crippen LogP contribution in [0.25, 0.3) is 11.0 Å². The van der Waals surface area contributed by atoms with Crippen molar-refractivity contribution in [1.82, 2.24) is 14.5 Å². The molecule has 2 heterocycles. The second-order valence-electron chi connectivity index (χ2n) is 7.46. The van der Waals surface area contributed by atoms with Crippen LogP contribution in [0.3, 0.4) is 0 Å². The monoisotopic (exact) mass is 355 g/mol. The fourth-order valence-electron chi connectivity index (χ4n) is 4.83. The minimum atomic E-state index is -0.876. The largest absolute Gasteiger partial charge is 0.480 e. The normalized spacial score (nSPS) is 25.4. The van der Waals surface area contributed by atoms with Gasteiger partial charge >= 0.3 is 5.97 Å². The standard InChI is InChI=1S/C20H25N3O3/c1-2-18-21-14-8-4-6-10-16(14)22(18)12-19(24)23-15-9-5-3-7-13(15)11-17(23)20(25)26/h4,6,8,10,13,15,17H,2-3,5,7,9,11-12H2,1H3,(H,25,26). The molecule has 26 heavy (non-hydrogen) atoms. The zero-order valence-electron chi connectivity index (χ0n) is 15.1. The van der Waals surface area contributed by atoms with Crippen molar-refractivity contribution in [2.45, 2.75) is 64.1 Å². The van der Waals surface area contributed by atoms with Crippen molar-refractivity contribution in [3.05, 3.63) is 30.1 Å². The van der Waals surface area contributed by atoms with Gasteiger partial charge in [0, 0.05) is 12.5 Å². The third-order valence-electron chi connectivity index (χ3n) is 6.00. The number of rotatable bonds is 4. The van der Waals surface area contributed by atoms with Gasteiger partial charge in [0.1, 0.15) is 18.4 Å². The molecule has 0 bridgehead atoms. The molecule has 1 saturated heterocycles. The van der Waals surface area contributed by atoms with Gasteiger partial charge in [-0.25, -0.2) is 9.78 Å². The van der Waals surface area contributed by atoms with Crippen LogP contribution in [0.2, 0.25) is 0 Å². The molecule has 4 rings (SSSR count). The summed E-state index contributed by atoms with van der Waals surface area (Å²) in [7, 11) is 0. The number of likely N-dealkylation sites (tertiary alicyclic amines) is 1. The maximum Gasteiger partial charge on any atom is 0.326 e. The Morgan fingerprint density at radius 2 is 2.00 bits per heavy atom. The number of para-hydroxylation sites is 2. The van der Waals surface area contributed by atoms with Crippen LogP contribution in [0.5, 0.6) is 0 Å². The number of carboxylic acid groups (broad SMARTS) is 1. The minimum Gasteiger partial charge on any atom is -0.480 e. The molecule has 138 valence electrons. The number of benzene rings is 1. The number of carbonyl (C=O) groups excluding carboxylic acids is 1. The van der Waals surface area contributed by atoms with Gasteiger partial charge in [0.25, 0.3) is 0 Å². The molecule has 1 amide bonds. The summed E-state index contributed by atoms with van der Waals surface area (Å²) in [6.45, 7) is 2.19. The van der Waals surface area contributed by atoms with Crippen molar-refractivity contribution in [3.8, 4) is 0 Å². The number of carbonyl (C=O) groups is 2. The van der Waals surface area contributed by atoms with E-state index >= 15 is 0 Å². The zero-order valence-corrected chi connectivity index (χ0v) is 15.1. The number of amides is 1. The van der Waals surface area contributed by atoms with Crippen LogP contribution in [0, 0.1) is 5.92 Å². The number of aromatic nitrogens is 2. The molecule has 6 nitrogen and oxygen atoms in total. The maximum atomic E-state index is 13.2. The van der Waals surface area contributed by atoms with E-state index in [4.69, 9.17) is 0 Å². The first-order chi connectivity index (χ1) is 12.6. The Balaban J connectivity index is 1.66. The average molecular weight is 355 g/mol. The van der Waals surface area contributed by atoms with E-state index in [0.717, 1.165) is 49.0 Å². The second-order valence-corrected chi connectivity index (χ2v) is 7.46. The summed E-state index contributed by atoms with van der Waals surface area (Å²) >= 11 is 0. The molecule has 1 aromatic heterocycles. The van der Waals surface area contributed by atoms with Gasteiger partial charge in [-0.05, 0) is 37.3 Å². The number of fused-ring (bicyclic) bond motifs is 2. The number of aryl methyl sites for hydroxylation is 1. The smallest absolute Gasteiger partial charge is 0.326 e. The summed E-state index contributed by atoms with van der Waals surface area (Å²) in [5.41, 5.74) is 1.81. The van der Waals surface area contributed by atoms with Gasteiger partial charge in [-0.2, -0.15) is 0 Å². The molecule has 0 radical (unpaired) electrons. The third kappa shape index (κ3) is 2.77. The van der Waals surface area contributed by atoms with Crippen LogP contribution >= 0.6 is 0 Å². The Morgan fingerprint density at radius 3 is 2.77 bits per heavy atom. The Morgan fingerprint density at radius 1 is 1.23 bits per heavy atom. The van der Waals surface area contributed by atoms with Crippen LogP contribution in [0.4, 0.5) is 0 Å². The van der Waals surface area contributed by atoms with E-state index in [-0.39, 0.29) is 18.5 Å². The van der Waals surface area contributed by atoms with E-state index < -0.39 is 12.0 Å². The molecule has 3 atom stereocenters. The van der Waals surface area contributed by atoms with Crippen LogP contribution < -0.4 is 0 Å². The van der Waals surface area contributed by atoms with Crippen LogP contribution in [-0.2, 0) is 22.6 Å². The van der Waals surface area contributed by atoms with Gasteiger partial charge < -0.3 is 14.6 Å². The van der Waals surface area contributed by atoms with Crippen molar-refractivity contribution in [2.24, 2.45) is 5.92 Å². The Labute approximate surface area is 152 Å². The summed E-state index contributed by atoms with van der Waals surface area (Å²) < 4.78 is 1.95. The number of nitrogens with zero attached hydrogens (tertiary/aromatic N) is 3. The van der Waals surface area contributed by atoms with Gasteiger partial charge in [-0.1, -0.05) is 31.9 Å². The molecule has 1 aromatic carbocycles. The first-order valence-corrected chi connectivity index (χ1v) is 9.58. The molecular weight excluding hydrogens is 330 g/mol. The predicted molar refractivity (Wildman–Crippen MR) is 97.7 cm³/mol. The molecule has 2 aliphatic rings. The molecular formula is C20H25N3O3. The van der Waals surface area contributed by atoms with E-state index in [0.29, 0.717) is 12.3 Å². The molecule has 2 fully saturated rings. The van der Waals surface area contributed by atoms with E-state index in [1.54, 1.807) is 4.90 Å². The van der Waals surface area contributed by atoms with E-state index in [9.17, 15) is 14.7 Å². The lowest BCUT2D eigenvalue weighted by atomic mass is 9.85. The molecule has 0 spiro atoms. The van der Waals surface area contributed by atoms with Crippen molar-refractivity contribution in [2.75, 3.05) is 0 Å². The highest BCUT2D eigenvalue weighted by molar-refractivity contribution is 5.86. The van der Waals surface area contributed by atoms with E-state index in [1.165, 1.54) is 0 Å². The Kier molecular flexibility index (Phi) is 4.42. The molecule has 1 N–H and O–H groups in total. The Hall–Kier alpha value is -2.37. The molecule has 1 aliphatic heterocycles. The quantitative estimate of drug-likeness (QED) is 0.915. The van der Waals surface area contributed by atoms with Gasteiger partial charge in [0.05, 0.1) is 11.0 Å². The zero-order chi connectivity index (χ0) is 18.3. The number of hydrogen-bond donors (Lipinski definition) is 1. The molecule has 1 aliphatic carbocycles. The third-order valence-corrected chi connectivity index (χ3v) is 6.00. The lowest BCUT2D eigenvalue weighted by Crippen LogP contribution is -2.47. The highest BCUT2D eigenvalue weighted by atomic mass is 16.4. The average Bonchev–Trinajstić information content (AvgIpc) is 3.20. The molecule has 6 heteroatoms. The summed E-state index contributed by atoms with van der Waals surface area (Å²) in [4.78, 5) is 31.3. The van der Waals surface area contributed by atoms with Gasteiger partial charge in [0.2, 0.25) is 5.91 Å². The van der Waals surface area contributed by atoms with Crippen molar-refractivity contribution in [3.63, 3.8) is 0 Å². The Bertz CT molecular complexity index is 844. The second kappa shape index (κ2) is 6.74. The fourth-order valence-corrected chi connectivity index (χ4v) is 4.83. The maximum absolute atomic E-state index is 13.2. The molecule has 1 saturated carbocycles. The summed E-state index contributed by atoms with van der Waals surface area (Å²) in [6.07, 6.45) is 5.50. The topological polar surface area (TPSA) is 75.4 Å². The summed E-state index contributed by atoms with van der Waals surface area (Å²) in [5.74, 6) is 0.230. The van der Waals surface area contributed by atoms with Crippen molar-refractivity contribution in [1.29, 1.82) is 0 Å². The number of aliphatic carboxylic acids is 1. The molecule has 2 aromatic rings. The summed E-state index contributed by atoms with van der Waals surface area (Å²) in [5, 5.41) is 9.67. The van der Waals surface area contributed by atoms with Gasteiger partial charge in [-0.3, -0.25) is 4.79 Å². The highest BCUT2D eigenvalue weighted by Crippen LogP contribution is 2.40. The van der Waals surface area contributed by atoms with Crippen molar-refractivity contribution >= 4 is 22.9 Å². The van der Waals surface area contributed by atoms with Crippen LogP contribution in [-0.4, -0.2) is 43.5 Å².